The molecule has 0 spiro atoms. The molecule has 1 aromatic carbocycles. The Morgan fingerprint density at radius 2 is 2.10 bits per heavy atom. The number of hydrogen-bond donors (Lipinski definition) is 1. The summed E-state index contributed by atoms with van der Waals surface area (Å²) in [5.41, 5.74) is 1.08. The largest absolute Gasteiger partial charge is 0.388 e. The zero-order chi connectivity index (χ0) is 14.1. The van der Waals surface area contributed by atoms with E-state index in [-0.39, 0.29) is 19.0 Å². The Morgan fingerprint density at radius 1 is 1.30 bits per heavy atom. The predicted octanol–water partition coefficient (Wildman–Crippen LogP) is 1.03. The Kier molecular flexibility index (Phi) is 3.23. The maximum Gasteiger partial charge on any atom is 0.256 e. The summed E-state index contributed by atoms with van der Waals surface area (Å²) in [4.78, 5) is 13.8. The number of β-amino-alcohol motifs (C(OH)–C–C–N with tert-alkyl or cyclic N) is 1. The van der Waals surface area contributed by atoms with E-state index in [0.29, 0.717) is 11.3 Å². The van der Waals surface area contributed by atoms with Crippen LogP contribution >= 0.6 is 0 Å². The zero-order valence-electron chi connectivity index (χ0n) is 10.7. The molecule has 3 rings (SSSR count). The molecule has 1 fully saturated rings. The van der Waals surface area contributed by atoms with Gasteiger partial charge in [0.05, 0.1) is 17.8 Å². The minimum atomic E-state index is -1.38. The number of para-hydroxylation sites is 1. The van der Waals surface area contributed by atoms with Crippen molar-refractivity contribution in [2.24, 2.45) is 0 Å². The van der Waals surface area contributed by atoms with Crippen molar-refractivity contribution in [3.05, 3.63) is 48.3 Å². The number of amides is 1. The molecule has 0 unspecified atom stereocenters. The summed E-state index contributed by atoms with van der Waals surface area (Å²) in [6.07, 6.45) is 0.882. The summed E-state index contributed by atoms with van der Waals surface area (Å²) in [7, 11) is 0. The van der Waals surface area contributed by atoms with Crippen LogP contribution < -0.4 is 0 Å². The van der Waals surface area contributed by atoms with Gasteiger partial charge in [-0.05, 0) is 18.2 Å². The van der Waals surface area contributed by atoms with Crippen molar-refractivity contribution < 1.29 is 14.3 Å². The van der Waals surface area contributed by atoms with E-state index in [1.165, 1.54) is 4.90 Å². The Labute approximate surface area is 115 Å². The molecule has 5 nitrogen and oxygen atoms in total. The topological polar surface area (TPSA) is 58.4 Å². The van der Waals surface area contributed by atoms with Gasteiger partial charge in [0.15, 0.2) is 0 Å². The number of carbonyl (C=O) groups excluding carboxylic acids is 1. The van der Waals surface area contributed by atoms with Gasteiger partial charge >= 0.3 is 0 Å². The second-order valence-electron chi connectivity index (χ2n) is 4.76. The Morgan fingerprint density at radius 3 is 2.75 bits per heavy atom. The standard InChI is InChI=1S/C14H14FN3O2/c15-11-8-17(9-13(11)19)14(20)10-4-1-2-5-12(10)18-7-3-6-16-18/h1-7,11,13,19H,8-9H2/t11-,13-/m1/s1. The molecule has 2 heterocycles. The van der Waals surface area contributed by atoms with Gasteiger partial charge in [0.2, 0.25) is 0 Å². The van der Waals surface area contributed by atoms with E-state index in [4.69, 9.17) is 0 Å². The highest BCUT2D eigenvalue weighted by atomic mass is 19.1. The Hall–Kier alpha value is -2.21. The highest BCUT2D eigenvalue weighted by Crippen LogP contribution is 2.20. The molecule has 104 valence electrons. The average molecular weight is 275 g/mol. The molecule has 2 aromatic rings. The van der Waals surface area contributed by atoms with Crippen LogP contribution in [0.3, 0.4) is 0 Å². The third-order valence-corrected chi connectivity index (χ3v) is 3.39. The lowest BCUT2D eigenvalue weighted by Crippen LogP contribution is -2.30. The number of nitrogens with zero attached hydrogens (tertiary/aromatic N) is 3. The number of halogens is 1. The highest BCUT2D eigenvalue weighted by molar-refractivity contribution is 5.98. The highest BCUT2D eigenvalue weighted by Gasteiger charge is 2.35. The molecule has 1 aliphatic rings. The van der Waals surface area contributed by atoms with Crippen molar-refractivity contribution >= 4 is 5.91 Å². The van der Waals surface area contributed by atoms with E-state index >= 15 is 0 Å². The summed E-state index contributed by atoms with van der Waals surface area (Å²) in [5, 5.41) is 13.5. The van der Waals surface area contributed by atoms with E-state index in [9.17, 15) is 14.3 Å². The summed E-state index contributed by atoms with van der Waals surface area (Å²) in [6, 6.07) is 8.78. The number of benzene rings is 1. The molecule has 1 amide bonds. The lowest BCUT2D eigenvalue weighted by Gasteiger charge is -2.17. The number of aliphatic hydroxyl groups excluding tert-OH is 1. The van der Waals surface area contributed by atoms with Crippen molar-refractivity contribution in [1.82, 2.24) is 14.7 Å². The van der Waals surface area contributed by atoms with E-state index < -0.39 is 12.3 Å². The van der Waals surface area contributed by atoms with Gasteiger partial charge in [-0.15, -0.1) is 0 Å². The minimum absolute atomic E-state index is 0.0213. The predicted molar refractivity (Wildman–Crippen MR) is 70.4 cm³/mol. The first kappa shape index (κ1) is 12.8. The van der Waals surface area contributed by atoms with Crippen LogP contribution in [0.5, 0.6) is 0 Å². The summed E-state index contributed by atoms with van der Waals surface area (Å²) >= 11 is 0. The fourth-order valence-corrected chi connectivity index (χ4v) is 2.35. The van der Waals surface area contributed by atoms with E-state index in [1.54, 1.807) is 41.3 Å². The Bertz CT molecular complexity index is 605. The second kappa shape index (κ2) is 5.05. The summed E-state index contributed by atoms with van der Waals surface area (Å²) < 4.78 is 14.9. The fourth-order valence-electron chi connectivity index (χ4n) is 2.35. The van der Waals surface area contributed by atoms with E-state index in [1.807, 2.05) is 6.07 Å². The average Bonchev–Trinajstić information content (AvgIpc) is 3.09. The van der Waals surface area contributed by atoms with Crippen molar-refractivity contribution in [2.45, 2.75) is 12.3 Å². The molecule has 2 atom stereocenters. The van der Waals surface area contributed by atoms with E-state index in [2.05, 4.69) is 5.10 Å². The molecule has 20 heavy (non-hydrogen) atoms. The van der Waals surface area contributed by atoms with Crippen molar-refractivity contribution in [2.75, 3.05) is 13.1 Å². The first-order valence-corrected chi connectivity index (χ1v) is 6.37. The number of hydrogen-bond acceptors (Lipinski definition) is 3. The maximum absolute atomic E-state index is 13.4. The van der Waals surface area contributed by atoms with Crippen LogP contribution in [-0.2, 0) is 0 Å². The van der Waals surface area contributed by atoms with Gasteiger partial charge in [0.25, 0.3) is 5.91 Å². The first-order valence-electron chi connectivity index (χ1n) is 6.37. The number of carbonyl (C=O) groups is 1. The molecule has 1 aromatic heterocycles. The van der Waals surface area contributed by atoms with Gasteiger partial charge in [-0.2, -0.15) is 5.10 Å². The van der Waals surface area contributed by atoms with Gasteiger partial charge in [0.1, 0.15) is 12.3 Å². The number of alkyl halides is 1. The molecule has 0 saturated carbocycles. The van der Waals surface area contributed by atoms with Crippen molar-refractivity contribution in [3.8, 4) is 5.69 Å². The lowest BCUT2D eigenvalue weighted by molar-refractivity contribution is 0.0764. The van der Waals surface area contributed by atoms with E-state index in [0.717, 1.165) is 0 Å². The van der Waals surface area contributed by atoms with Gasteiger partial charge < -0.3 is 10.0 Å². The maximum atomic E-state index is 13.4. The molecule has 6 heteroatoms. The lowest BCUT2D eigenvalue weighted by atomic mass is 10.1. The zero-order valence-corrected chi connectivity index (χ0v) is 10.7. The molecule has 0 bridgehead atoms. The molecule has 0 aliphatic carbocycles. The van der Waals surface area contributed by atoms with Gasteiger partial charge in [-0.25, -0.2) is 9.07 Å². The quantitative estimate of drug-likeness (QED) is 0.890. The second-order valence-corrected chi connectivity index (χ2v) is 4.76. The van der Waals surface area contributed by atoms with Crippen molar-refractivity contribution in [3.63, 3.8) is 0 Å². The van der Waals surface area contributed by atoms with Crippen LogP contribution in [0.15, 0.2) is 42.7 Å². The monoisotopic (exact) mass is 275 g/mol. The molecule has 1 N–H and O–H groups in total. The normalized spacial score (nSPS) is 22.2. The van der Waals surface area contributed by atoms with Crippen LogP contribution in [0, 0.1) is 0 Å². The van der Waals surface area contributed by atoms with Crippen LogP contribution in [0.4, 0.5) is 4.39 Å². The number of aliphatic hydroxyl groups is 1. The molecular weight excluding hydrogens is 261 g/mol. The molecule has 0 radical (unpaired) electrons. The Balaban J connectivity index is 1.93. The molecule has 1 saturated heterocycles. The van der Waals surface area contributed by atoms with Crippen LogP contribution in [-0.4, -0.2) is 51.1 Å². The number of likely N-dealkylation sites (tertiary alicyclic amines) is 1. The fraction of sp³-hybridized carbons (Fsp3) is 0.286. The number of aromatic nitrogens is 2. The number of rotatable bonds is 2. The third-order valence-electron chi connectivity index (χ3n) is 3.39. The summed E-state index contributed by atoms with van der Waals surface area (Å²) in [5.74, 6) is -0.296. The summed E-state index contributed by atoms with van der Waals surface area (Å²) in [6.45, 7) is -0.0547. The van der Waals surface area contributed by atoms with Crippen LogP contribution in [0.25, 0.3) is 5.69 Å². The third kappa shape index (κ3) is 2.18. The smallest absolute Gasteiger partial charge is 0.256 e. The van der Waals surface area contributed by atoms with Crippen molar-refractivity contribution in [1.29, 1.82) is 0 Å². The molecular formula is C14H14FN3O2. The van der Waals surface area contributed by atoms with Gasteiger partial charge in [-0.1, -0.05) is 12.1 Å². The first-order chi connectivity index (χ1) is 9.66. The van der Waals surface area contributed by atoms with Crippen LogP contribution in [0.1, 0.15) is 10.4 Å². The molecule has 1 aliphatic heterocycles. The SMILES string of the molecule is O=C(c1ccccc1-n1cccn1)N1C[C@@H](O)[C@H](F)C1. The van der Waals surface area contributed by atoms with Crippen LogP contribution in [0.2, 0.25) is 0 Å². The van der Waals surface area contributed by atoms with Gasteiger partial charge in [-0.3, -0.25) is 4.79 Å². The minimum Gasteiger partial charge on any atom is -0.388 e. The van der Waals surface area contributed by atoms with Gasteiger partial charge in [0, 0.05) is 18.9 Å².